The molecule has 82 valence electrons. The fourth-order valence-corrected chi connectivity index (χ4v) is 2.66. The molecule has 0 aromatic carbocycles. The van der Waals surface area contributed by atoms with E-state index in [1.54, 1.807) is 0 Å². The van der Waals surface area contributed by atoms with Crippen LogP contribution in [0.3, 0.4) is 0 Å². The van der Waals surface area contributed by atoms with Crippen LogP contribution in [0.1, 0.15) is 52.9 Å². The molecule has 2 unspecified atom stereocenters. The maximum absolute atomic E-state index is 10.1. The molecule has 1 N–H and O–H groups in total. The lowest BCUT2D eigenvalue weighted by Crippen LogP contribution is -2.29. The molecule has 0 aromatic heterocycles. The van der Waals surface area contributed by atoms with Crippen LogP contribution in [0.25, 0.3) is 0 Å². The molecule has 0 bridgehead atoms. The molecule has 2 atom stereocenters. The third-order valence-corrected chi connectivity index (χ3v) is 3.67. The predicted molar refractivity (Wildman–Crippen MR) is 61.2 cm³/mol. The molecular weight excluding hydrogens is 172 g/mol. The Kier molecular flexibility index (Phi) is 3.77. The SMILES string of the molecule is C=C(C)CCC(O)C1CCCC1(C)C. The van der Waals surface area contributed by atoms with Crippen LogP contribution in [0.15, 0.2) is 12.2 Å². The molecule has 1 saturated carbocycles. The van der Waals surface area contributed by atoms with Crippen molar-refractivity contribution >= 4 is 0 Å². The molecule has 0 aliphatic heterocycles. The molecule has 1 heteroatoms. The Morgan fingerprint density at radius 3 is 2.64 bits per heavy atom. The molecule has 0 saturated heterocycles. The highest BCUT2D eigenvalue weighted by molar-refractivity contribution is 4.93. The van der Waals surface area contributed by atoms with E-state index in [2.05, 4.69) is 20.4 Å². The molecule has 0 radical (unpaired) electrons. The van der Waals surface area contributed by atoms with Crippen molar-refractivity contribution in [3.8, 4) is 0 Å². The van der Waals surface area contributed by atoms with Gasteiger partial charge in [-0.25, -0.2) is 0 Å². The van der Waals surface area contributed by atoms with Gasteiger partial charge in [-0.1, -0.05) is 25.8 Å². The van der Waals surface area contributed by atoms with Crippen LogP contribution in [-0.4, -0.2) is 11.2 Å². The summed E-state index contributed by atoms with van der Waals surface area (Å²) >= 11 is 0. The zero-order chi connectivity index (χ0) is 10.8. The second-order valence-electron chi connectivity index (χ2n) is 5.55. The van der Waals surface area contributed by atoms with Crippen molar-refractivity contribution in [2.45, 2.75) is 59.0 Å². The summed E-state index contributed by atoms with van der Waals surface area (Å²) in [5.41, 5.74) is 1.52. The number of allylic oxidation sites excluding steroid dienone is 1. The minimum atomic E-state index is -0.121. The molecule has 1 nitrogen and oxygen atoms in total. The Labute approximate surface area is 88.2 Å². The number of aliphatic hydroxyl groups excluding tert-OH is 1. The Morgan fingerprint density at radius 1 is 1.57 bits per heavy atom. The van der Waals surface area contributed by atoms with Crippen LogP contribution >= 0.6 is 0 Å². The summed E-state index contributed by atoms with van der Waals surface area (Å²) < 4.78 is 0. The normalized spacial score (nSPS) is 27.6. The summed E-state index contributed by atoms with van der Waals surface area (Å²) in [7, 11) is 0. The summed E-state index contributed by atoms with van der Waals surface area (Å²) in [6, 6.07) is 0. The lowest BCUT2D eigenvalue weighted by atomic mass is 9.77. The van der Waals surface area contributed by atoms with Crippen LogP contribution in [-0.2, 0) is 0 Å². The Hall–Kier alpha value is -0.300. The maximum atomic E-state index is 10.1. The van der Waals surface area contributed by atoms with Crippen molar-refractivity contribution in [3.05, 3.63) is 12.2 Å². The van der Waals surface area contributed by atoms with Crippen molar-refractivity contribution in [3.63, 3.8) is 0 Å². The van der Waals surface area contributed by atoms with E-state index in [1.165, 1.54) is 24.8 Å². The van der Waals surface area contributed by atoms with Crippen molar-refractivity contribution in [1.82, 2.24) is 0 Å². The average Bonchev–Trinajstić information content (AvgIpc) is 2.41. The quantitative estimate of drug-likeness (QED) is 0.682. The fraction of sp³-hybridized carbons (Fsp3) is 0.846. The maximum Gasteiger partial charge on any atom is 0.0576 e. The third kappa shape index (κ3) is 2.84. The lowest BCUT2D eigenvalue weighted by molar-refractivity contribution is 0.0478. The molecule has 1 aliphatic carbocycles. The van der Waals surface area contributed by atoms with E-state index in [9.17, 15) is 5.11 Å². The van der Waals surface area contributed by atoms with Crippen molar-refractivity contribution < 1.29 is 5.11 Å². The van der Waals surface area contributed by atoms with Crippen LogP contribution in [0.4, 0.5) is 0 Å². The highest BCUT2D eigenvalue weighted by Gasteiger charge is 2.38. The standard InChI is InChI=1S/C13H24O/c1-10(2)7-8-12(14)11-6-5-9-13(11,3)4/h11-12,14H,1,5-9H2,2-4H3. The predicted octanol–water partition coefficient (Wildman–Crippen LogP) is 3.53. The number of rotatable bonds is 4. The first kappa shape index (κ1) is 11.8. The van der Waals surface area contributed by atoms with Gasteiger partial charge in [-0.2, -0.15) is 0 Å². The zero-order valence-electron chi connectivity index (χ0n) is 9.84. The van der Waals surface area contributed by atoms with Gasteiger partial charge in [0.1, 0.15) is 0 Å². The van der Waals surface area contributed by atoms with Gasteiger partial charge in [-0.3, -0.25) is 0 Å². The minimum Gasteiger partial charge on any atom is -0.393 e. The molecule has 0 spiro atoms. The van der Waals surface area contributed by atoms with Gasteiger partial charge in [-0.15, -0.1) is 6.58 Å². The Bertz CT molecular complexity index is 205. The first-order valence-corrected chi connectivity index (χ1v) is 5.76. The number of hydrogen-bond donors (Lipinski definition) is 1. The second-order valence-corrected chi connectivity index (χ2v) is 5.55. The highest BCUT2D eigenvalue weighted by atomic mass is 16.3. The topological polar surface area (TPSA) is 20.2 Å². The summed E-state index contributed by atoms with van der Waals surface area (Å²) in [6.07, 6.45) is 5.48. The molecule has 14 heavy (non-hydrogen) atoms. The first-order valence-electron chi connectivity index (χ1n) is 5.76. The molecule has 0 amide bonds. The molecule has 0 heterocycles. The highest BCUT2D eigenvalue weighted by Crippen LogP contribution is 2.45. The van der Waals surface area contributed by atoms with Crippen LogP contribution in [0.5, 0.6) is 0 Å². The summed E-state index contributed by atoms with van der Waals surface area (Å²) in [4.78, 5) is 0. The number of hydrogen-bond acceptors (Lipinski definition) is 1. The first-order chi connectivity index (χ1) is 6.43. The minimum absolute atomic E-state index is 0.121. The van der Waals surface area contributed by atoms with E-state index in [4.69, 9.17) is 0 Å². The molecule has 1 rings (SSSR count). The summed E-state index contributed by atoms with van der Waals surface area (Å²) in [5, 5.41) is 10.1. The Balaban J connectivity index is 2.43. The average molecular weight is 196 g/mol. The van der Waals surface area contributed by atoms with Gasteiger partial charge >= 0.3 is 0 Å². The van der Waals surface area contributed by atoms with Gasteiger partial charge in [0.15, 0.2) is 0 Å². The van der Waals surface area contributed by atoms with E-state index in [-0.39, 0.29) is 6.10 Å². The largest absolute Gasteiger partial charge is 0.393 e. The summed E-state index contributed by atoms with van der Waals surface area (Å²) in [5.74, 6) is 0.502. The fourth-order valence-electron chi connectivity index (χ4n) is 2.66. The lowest BCUT2D eigenvalue weighted by Gasteiger charge is -2.31. The van der Waals surface area contributed by atoms with E-state index < -0.39 is 0 Å². The summed E-state index contributed by atoms with van der Waals surface area (Å²) in [6.45, 7) is 10.5. The van der Waals surface area contributed by atoms with E-state index in [0.29, 0.717) is 11.3 Å². The zero-order valence-corrected chi connectivity index (χ0v) is 9.84. The van der Waals surface area contributed by atoms with E-state index in [1.807, 2.05) is 6.92 Å². The van der Waals surface area contributed by atoms with Crippen LogP contribution in [0.2, 0.25) is 0 Å². The Morgan fingerprint density at radius 2 is 2.21 bits per heavy atom. The molecule has 1 aliphatic rings. The molecule has 1 fully saturated rings. The molecular formula is C13H24O. The second kappa shape index (κ2) is 4.48. The van der Waals surface area contributed by atoms with Gasteiger partial charge < -0.3 is 5.11 Å². The molecule has 0 aromatic rings. The van der Waals surface area contributed by atoms with Crippen LogP contribution in [0, 0.1) is 11.3 Å². The van der Waals surface area contributed by atoms with Gasteiger partial charge in [0.25, 0.3) is 0 Å². The van der Waals surface area contributed by atoms with E-state index in [0.717, 1.165) is 12.8 Å². The van der Waals surface area contributed by atoms with Gasteiger partial charge in [0.2, 0.25) is 0 Å². The monoisotopic (exact) mass is 196 g/mol. The number of aliphatic hydroxyl groups is 1. The van der Waals surface area contributed by atoms with Crippen molar-refractivity contribution in [2.75, 3.05) is 0 Å². The van der Waals surface area contributed by atoms with Gasteiger partial charge in [0.05, 0.1) is 6.10 Å². The van der Waals surface area contributed by atoms with Gasteiger partial charge in [-0.05, 0) is 43.9 Å². The van der Waals surface area contributed by atoms with Crippen molar-refractivity contribution in [1.29, 1.82) is 0 Å². The third-order valence-electron chi connectivity index (χ3n) is 3.67. The smallest absolute Gasteiger partial charge is 0.0576 e. The van der Waals surface area contributed by atoms with Crippen molar-refractivity contribution in [2.24, 2.45) is 11.3 Å². The van der Waals surface area contributed by atoms with Gasteiger partial charge in [0, 0.05) is 0 Å². The van der Waals surface area contributed by atoms with Crippen LogP contribution < -0.4 is 0 Å². The van der Waals surface area contributed by atoms with E-state index >= 15 is 0 Å².